The van der Waals surface area contributed by atoms with E-state index in [0.717, 1.165) is 5.92 Å². The van der Waals surface area contributed by atoms with E-state index in [1.807, 2.05) is 0 Å². The van der Waals surface area contributed by atoms with E-state index in [2.05, 4.69) is 44.2 Å². The number of fused-ring (bicyclic) bond motifs is 1. The fourth-order valence-corrected chi connectivity index (χ4v) is 3.25. The Kier molecular flexibility index (Phi) is 2.66. The van der Waals surface area contributed by atoms with Crippen LogP contribution in [0, 0.1) is 13.8 Å². The quantitative estimate of drug-likeness (QED) is 0.631. The van der Waals surface area contributed by atoms with E-state index in [0.29, 0.717) is 0 Å². The number of aryl methyl sites for hydroxylation is 2. The zero-order valence-electron chi connectivity index (χ0n) is 10.8. The molecule has 0 spiro atoms. The molecule has 3 rings (SSSR count). The Bertz CT molecular complexity index is 540. The van der Waals surface area contributed by atoms with Gasteiger partial charge in [-0.05, 0) is 48.9 Å². The third-order valence-corrected chi connectivity index (χ3v) is 4.08. The summed E-state index contributed by atoms with van der Waals surface area (Å²) in [5.74, 6) is 0.806. The van der Waals surface area contributed by atoms with Crippen LogP contribution in [-0.4, -0.2) is 0 Å². The molecule has 0 heteroatoms. The summed E-state index contributed by atoms with van der Waals surface area (Å²) in [7, 11) is 0. The fraction of sp³-hybridized carbons (Fsp3) is 0.412. The van der Waals surface area contributed by atoms with Crippen LogP contribution < -0.4 is 0 Å². The molecule has 0 nitrogen and oxygen atoms in total. The molecule has 0 amide bonds. The molecule has 88 valence electrons. The van der Waals surface area contributed by atoms with Gasteiger partial charge >= 0.3 is 0 Å². The molecule has 0 bridgehead atoms. The molecule has 1 aliphatic carbocycles. The van der Waals surface area contributed by atoms with Crippen LogP contribution in [0.5, 0.6) is 0 Å². The first kappa shape index (κ1) is 10.8. The minimum absolute atomic E-state index is 0.806. The molecular weight excluding hydrogens is 204 g/mol. The van der Waals surface area contributed by atoms with Gasteiger partial charge in [0.15, 0.2) is 0 Å². The van der Waals surface area contributed by atoms with Crippen molar-refractivity contribution in [3.63, 3.8) is 0 Å². The molecule has 0 N–H and O–H groups in total. The Morgan fingerprint density at radius 3 is 2.35 bits per heavy atom. The maximum absolute atomic E-state index is 2.41. The van der Waals surface area contributed by atoms with E-state index in [-0.39, 0.29) is 0 Å². The van der Waals surface area contributed by atoms with Crippen molar-refractivity contribution in [1.29, 1.82) is 0 Å². The summed E-state index contributed by atoms with van der Waals surface area (Å²) in [6.07, 6.45) is 5.58. The van der Waals surface area contributed by atoms with Crippen molar-refractivity contribution < 1.29 is 0 Å². The van der Waals surface area contributed by atoms with Crippen molar-refractivity contribution in [2.24, 2.45) is 0 Å². The third-order valence-electron chi connectivity index (χ3n) is 4.08. The van der Waals surface area contributed by atoms with Crippen molar-refractivity contribution in [2.75, 3.05) is 0 Å². The van der Waals surface area contributed by atoms with Gasteiger partial charge in [0.1, 0.15) is 0 Å². The Labute approximate surface area is 104 Å². The summed E-state index contributed by atoms with van der Waals surface area (Å²) in [5.41, 5.74) is 4.36. The first-order chi connectivity index (χ1) is 8.24. The third kappa shape index (κ3) is 1.97. The van der Waals surface area contributed by atoms with Gasteiger partial charge in [-0.1, -0.05) is 54.3 Å². The van der Waals surface area contributed by atoms with Gasteiger partial charge in [-0.25, -0.2) is 0 Å². The number of hydrogen-bond donors (Lipinski definition) is 0. The molecule has 0 radical (unpaired) electrons. The van der Waals surface area contributed by atoms with Crippen LogP contribution in [0.25, 0.3) is 10.8 Å². The highest BCUT2D eigenvalue weighted by molar-refractivity contribution is 5.87. The highest BCUT2D eigenvalue weighted by Gasteiger charge is 2.19. The number of hydrogen-bond acceptors (Lipinski definition) is 0. The molecule has 1 saturated carbocycles. The van der Waals surface area contributed by atoms with E-state index >= 15 is 0 Å². The Hall–Kier alpha value is -1.30. The van der Waals surface area contributed by atoms with Gasteiger partial charge in [0.2, 0.25) is 0 Å². The van der Waals surface area contributed by atoms with Gasteiger partial charge in [0, 0.05) is 0 Å². The fourth-order valence-electron chi connectivity index (χ4n) is 3.25. The Morgan fingerprint density at radius 2 is 1.59 bits per heavy atom. The minimum atomic E-state index is 0.806. The van der Waals surface area contributed by atoms with Gasteiger partial charge in [0.25, 0.3) is 0 Å². The number of rotatable bonds is 1. The lowest BCUT2D eigenvalue weighted by atomic mass is 9.90. The maximum atomic E-state index is 2.41. The smallest absolute Gasteiger partial charge is 0.0149 e. The zero-order chi connectivity index (χ0) is 11.8. The summed E-state index contributed by atoms with van der Waals surface area (Å²) < 4.78 is 0. The van der Waals surface area contributed by atoms with Gasteiger partial charge in [-0.15, -0.1) is 0 Å². The normalized spacial score (nSPS) is 16.8. The number of benzene rings is 2. The molecule has 0 unspecified atom stereocenters. The molecule has 17 heavy (non-hydrogen) atoms. The molecule has 0 atom stereocenters. The Balaban J connectivity index is 2.21. The summed E-state index contributed by atoms with van der Waals surface area (Å²) >= 11 is 0. The second-order valence-corrected chi connectivity index (χ2v) is 5.56. The largest absolute Gasteiger partial charge is 0.0587 e. The van der Waals surface area contributed by atoms with Crippen LogP contribution in [0.3, 0.4) is 0 Å². The molecule has 0 aliphatic heterocycles. The zero-order valence-corrected chi connectivity index (χ0v) is 10.8. The molecule has 1 aliphatic rings. The first-order valence-electron chi connectivity index (χ1n) is 6.75. The summed E-state index contributed by atoms with van der Waals surface area (Å²) in [6.45, 7) is 4.40. The summed E-state index contributed by atoms with van der Waals surface area (Å²) in [6, 6.07) is 11.6. The van der Waals surface area contributed by atoms with Crippen molar-refractivity contribution in [1.82, 2.24) is 0 Å². The lowest BCUT2D eigenvalue weighted by Gasteiger charge is -2.15. The highest BCUT2D eigenvalue weighted by Crippen LogP contribution is 2.38. The maximum Gasteiger partial charge on any atom is -0.0149 e. The lowest BCUT2D eigenvalue weighted by Crippen LogP contribution is -1.95. The topological polar surface area (TPSA) is 0 Å². The van der Waals surface area contributed by atoms with Crippen LogP contribution in [0.15, 0.2) is 30.3 Å². The van der Waals surface area contributed by atoms with Crippen molar-refractivity contribution in [3.05, 3.63) is 47.0 Å². The summed E-state index contributed by atoms with van der Waals surface area (Å²) in [4.78, 5) is 0. The van der Waals surface area contributed by atoms with Crippen LogP contribution in [0.4, 0.5) is 0 Å². The minimum Gasteiger partial charge on any atom is -0.0587 e. The average Bonchev–Trinajstić information content (AvgIpc) is 2.80. The monoisotopic (exact) mass is 224 g/mol. The van der Waals surface area contributed by atoms with E-state index in [1.54, 1.807) is 5.56 Å². The van der Waals surface area contributed by atoms with Crippen LogP contribution >= 0.6 is 0 Å². The van der Waals surface area contributed by atoms with Crippen molar-refractivity contribution in [3.8, 4) is 0 Å². The molecule has 1 fully saturated rings. The highest BCUT2D eigenvalue weighted by atomic mass is 14.2. The van der Waals surface area contributed by atoms with E-state index < -0.39 is 0 Å². The molecular formula is C17H20. The lowest BCUT2D eigenvalue weighted by molar-refractivity contribution is 0.729. The second kappa shape index (κ2) is 4.18. The molecule has 2 aromatic carbocycles. The molecule has 2 aromatic rings. The van der Waals surface area contributed by atoms with Crippen molar-refractivity contribution >= 4 is 10.8 Å². The first-order valence-corrected chi connectivity index (χ1v) is 6.75. The van der Waals surface area contributed by atoms with E-state index in [1.165, 1.54) is 47.6 Å². The molecule has 0 aromatic heterocycles. The standard InChI is InChI=1S/C17H20/c1-12-7-8-16-15(9-12)10-13(2)11-17(16)14-5-3-4-6-14/h7-11,14H,3-6H2,1-2H3. The predicted octanol–water partition coefficient (Wildman–Crippen LogP) is 5.11. The van der Waals surface area contributed by atoms with E-state index in [9.17, 15) is 0 Å². The molecule has 0 saturated heterocycles. The van der Waals surface area contributed by atoms with Crippen LogP contribution in [0.1, 0.15) is 48.3 Å². The van der Waals surface area contributed by atoms with Gasteiger partial charge < -0.3 is 0 Å². The van der Waals surface area contributed by atoms with Gasteiger partial charge in [-0.2, -0.15) is 0 Å². The van der Waals surface area contributed by atoms with E-state index in [4.69, 9.17) is 0 Å². The van der Waals surface area contributed by atoms with Crippen molar-refractivity contribution in [2.45, 2.75) is 45.4 Å². The SMILES string of the molecule is Cc1ccc2c(C3CCCC3)cc(C)cc2c1. The predicted molar refractivity (Wildman–Crippen MR) is 74.6 cm³/mol. The second-order valence-electron chi connectivity index (χ2n) is 5.56. The van der Waals surface area contributed by atoms with Crippen LogP contribution in [-0.2, 0) is 0 Å². The molecule has 0 heterocycles. The Morgan fingerprint density at radius 1 is 0.882 bits per heavy atom. The van der Waals surface area contributed by atoms with Crippen LogP contribution in [0.2, 0.25) is 0 Å². The van der Waals surface area contributed by atoms with Gasteiger partial charge in [0.05, 0.1) is 0 Å². The summed E-state index contributed by atoms with van der Waals surface area (Å²) in [5, 5.41) is 2.90. The average molecular weight is 224 g/mol. The van der Waals surface area contributed by atoms with Gasteiger partial charge in [-0.3, -0.25) is 0 Å².